The number of pyridine rings is 1. The smallest absolute Gasteiger partial charge is 0.311 e. The lowest BCUT2D eigenvalue weighted by Gasteiger charge is -2.07. The van der Waals surface area contributed by atoms with Gasteiger partial charge in [-0.25, -0.2) is 4.98 Å². The molecular formula is C12H8Cl2N2O3. The zero-order valence-electron chi connectivity index (χ0n) is 9.55. The van der Waals surface area contributed by atoms with Gasteiger partial charge in [-0.05, 0) is 23.8 Å². The number of benzene rings is 1. The van der Waals surface area contributed by atoms with Crippen LogP contribution in [0.5, 0.6) is 11.5 Å². The van der Waals surface area contributed by atoms with Crippen LogP contribution in [0.4, 0.5) is 5.69 Å². The van der Waals surface area contributed by atoms with Crippen molar-refractivity contribution in [3.8, 4) is 11.5 Å². The summed E-state index contributed by atoms with van der Waals surface area (Å²) >= 11 is 11.4. The molecule has 0 aliphatic heterocycles. The maximum Gasteiger partial charge on any atom is 0.311 e. The molecule has 1 heterocycles. The third-order valence-corrected chi connectivity index (χ3v) is 2.84. The summed E-state index contributed by atoms with van der Waals surface area (Å²) in [6, 6.07) is 7.58. The number of nitro groups is 1. The van der Waals surface area contributed by atoms with Gasteiger partial charge < -0.3 is 4.74 Å². The van der Waals surface area contributed by atoms with Crippen molar-refractivity contribution in [2.75, 3.05) is 0 Å². The van der Waals surface area contributed by atoms with E-state index in [0.29, 0.717) is 10.9 Å². The van der Waals surface area contributed by atoms with E-state index in [0.717, 1.165) is 5.56 Å². The molecular weight excluding hydrogens is 291 g/mol. The number of nitrogens with zero attached hydrogens (tertiary/aromatic N) is 2. The van der Waals surface area contributed by atoms with Crippen molar-refractivity contribution in [1.29, 1.82) is 0 Å². The lowest BCUT2D eigenvalue weighted by atomic mass is 10.2. The highest BCUT2D eigenvalue weighted by Gasteiger charge is 2.16. The Morgan fingerprint density at radius 1 is 1.32 bits per heavy atom. The van der Waals surface area contributed by atoms with Gasteiger partial charge in [-0.15, -0.1) is 11.6 Å². The van der Waals surface area contributed by atoms with Crippen molar-refractivity contribution in [3.63, 3.8) is 0 Å². The van der Waals surface area contributed by atoms with Gasteiger partial charge >= 0.3 is 5.69 Å². The summed E-state index contributed by atoms with van der Waals surface area (Å²) in [5.74, 6) is 0.722. The maximum absolute atomic E-state index is 10.9. The van der Waals surface area contributed by atoms with E-state index < -0.39 is 4.92 Å². The molecule has 98 valence electrons. The third-order valence-electron chi connectivity index (χ3n) is 2.30. The first kappa shape index (κ1) is 13.6. The molecule has 1 aromatic carbocycles. The SMILES string of the molecule is O=[N+]([O-])c1ccc(CCl)cc1Oc1ccc(Cl)nc1. The normalized spacial score (nSPS) is 10.2. The van der Waals surface area contributed by atoms with Gasteiger partial charge in [0.2, 0.25) is 5.75 Å². The quantitative estimate of drug-likeness (QED) is 0.368. The number of alkyl halides is 1. The Morgan fingerprint density at radius 2 is 2.11 bits per heavy atom. The van der Waals surface area contributed by atoms with E-state index in [-0.39, 0.29) is 17.3 Å². The average Bonchev–Trinajstić information content (AvgIpc) is 2.41. The molecule has 5 nitrogen and oxygen atoms in total. The number of hydrogen-bond donors (Lipinski definition) is 0. The van der Waals surface area contributed by atoms with Crippen LogP contribution in [0, 0.1) is 10.1 Å². The summed E-state index contributed by atoms with van der Waals surface area (Å²) < 4.78 is 5.45. The lowest BCUT2D eigenvalue weighted by molar-refractivity contribution is -0.385. The summed E-state index contributed by atoms with van der Waals surface area (Å²) in [6.07, 6.45) is 1.39. The molecule has 0 radical (unpaired) electrons. The Labute approximate surface area is 118 Å². The van der Waals surface area contributed by atoms with Crippen LogP contribution in [0.25, 0.3) is 0 Å². The number of rotatable bonds is 4. The van der Waals surface area contributed by atoms with Crippen LogP contribution in [0.1, 0.15) is 5.56 Å². The Kier molecular flexibility index (Phi) is 4.19. The predicted molar refractivity (Wildman–Crippen MR) is 72.0 cm³/mol. The van der Waals surface area contributed by atoms with Crippen molar-refractivity contribution < 1.29 is 9.66 Å². The van der Waals surface area contributed by atoms with E-state index in [1.807, 2.05) is 0 Å². The third kappa shape index (κ3) is 3.33. The van der Waals surface area contributed by atoms with Crippen LogP contribution in [-0.2, 0) is 5.88 Å². The fourth-order valence-electron chi connectivity index (χ4n) is 1.42. The topological polar surface area (TPSA) is 65.3 Å². The Morgan fingerprint density at radius 3 is 2.68 bits per heavy atom. The molecule has 0 aliphatic carbocycles. The lowest BCUT2D eigenvalue weighted by Crippen LogP contribution is -1.95. The predicted octanol–water partition coefficient (Wildman–Crippen LogP) is 4.17. The highest BCUT2D eigenvalue weighted by atomic mass is 35.5. The van der Waals surface area contributed by atoms with Crippen molar-refractivity contribution >= 4 is 28.9 Å². The van der Waals surface area contributed by atoms with E-state index in [9.17, 15) is 10.1 Å². The highest BCUT2D eigenvalue weighted by Crippen LogP contribution is 2.32. The molecule has 1 aromatic heterocycles. The summed E-state index contributed by atoms with van der Waals surface area (Å²) in [5.41, 5.74) is 0.591. The second-order valence-corrected chi connectivity index (χ2v) is 4.27. The van der Waals surface area contributed by atoms with Crippen molar-refractivity contribution in [2.24, 2.45) is 0 Å². The molecule has 0 N–H and O–H groups in total. The fourth-order valence-corrected chi connectivity index (χ4v) is 1.70. The molecule has 0 saturated carbocycles. The van der Waals surface area contributed by atoms with Gasteiger partial charge in [0.25, 0.3) is 0 Å². The Hall–Kier alpha value is -1.85. The first-order valence-electron chi connectivity index (χ1n) is 5.23. The summed E-state index contributed by atoms with van der Waals surface area (Å²) in [6.45, 7) is 0. The molecule has 2 aromatic rings. The van der Waals surface area contributed by atoms with Gasteiger partial charge in [0.1, 0.15) is 10.9 Å². The van der Waals surface area contributed by atoms with Gasteiger partial charge in [-0.1, -0.05) is 17.7 Å². The average molecular weight is 299 g/mol. The number of ether oxygens (including phenoxy) is 1. The van der Waals surface area contributed by atoms with Crippen molar-refractivity contribution in [3.05, 3.63) is 57.4 Å². The standard InChI is InChI=1S/C12H8Cl2N2O3/c13-6-8-1-3-10(16(17)18)11(5-8)19-9-2-4-12(14)15-7-9/h1-5,7H,6H2. The highest BCUT2D eigenvalue weighted by molar-refractivity contribution is 6.29. The van der Waals surface area contributed by atoms with Gasteiger partial charge in [-0.3, -0.25) is 10.1 Å². The van der Waals surface area contributed by atoms with E-state index in [1.165, 1.54) is 24.4 Å². The minimum absolute atomic E-state index is 0.118. The van der Waals surface area contributed by atoms with Crippen molar-refractivity contribution in [2.45, 2.75) is 5.88 Å². The molecule has 19 heavy (non-hydrogen) atoms. The minimum Gasteiger partial charge on any atom is -0.448 e. The van der Waals surface area contributed by atoms with Crippen LogP contribution >= 0.6 is 23.2 Å². The maximum atomic E-state index is 10.9. The van der Waals surface area contributed by atoms with Crippen LogP contribution in [-0.4, -0.2) is 9.91 Å². The van der Waals surface area contributed by atoms with Gasteiger partial charge in [0.05, 0.1) is 11.1 Å². The van der Waals surface area contributed by atoms with E-state index in [2.05, 4.69) is 4.98 Å². The molecule has 0 aliphatic rings. The molecule has 2 rings (SSSR count). The zero-order valence-corrected chi connectivity index (χ0v) is 11.1. The first-order valence-corrected chi connectivity index (χ1v) is 6.14. The van der Waals surface area contributed by atoms with Gasteiger partial charge in [0, 0.05) is 11.9 Å². The Balaban J connectivity index is 2.36. The molecule has 7 heteroatoms. The van der Waals surface area contributed by atoms with Crippen LogP contribution in [0.2, 0.25) is 5.15 Å². The zero-order chi connectivity index (χ0) is 13.8. The molecule has 0 spiro atoms. The van der Waals surface area contributed by atoms with Gasteiger partial charge in [0.15, 0.2) is 0 Å². The second kappa shape index (κ2) is 5.86. The van der Waals surface area contributed by atoms with E-state index >= 15 is 0 Å². The second-order valence-electron chi connectivity index (χ2n) is 3.61. The van der Waals surface area contributed by atoms with Crippen LogP contribution < -0.4 is 4.74 Å². The number of halogens is 2. The molecule has 0 fully saturated rings. The van der Waals surface area contributed by atoms with E-state index in [4.69, 9.17) is 27.9 Å². The largest absolute Gasteiger partial charge is 0.448 e. The number of nitro benzene ring substituents is 1. The molecule has 0 bridgehead atoms. The van der Waals surface area contributed by atoms with E-state index in [1.54, 1.807) is 12.1 Å². The summed E-state index contributed by atoms with van der Waals surface area (Å²) in [5, 5.41) is 11.2. The number of hydrogen-bond acceptors (Lipinski definition) is 4. The molecule has 0 amide bonds. The van der Waals surface area contributed by atoms with Crippen LogP contribution in [0.3, 0.4) is 0 Å². The minimum atomic E-state index is -0.517. The Bertz CT molecular complexity index is 602. The summed E-state index contributed by atoms with van der Waals surface area (Å²) in [7, 11) is 0. The molecule has 0 saturated heterocycles. The fraction of sp³-hybridized carbons (Fsp3) is 0.0833. The first-order chi connectivity index (χ1) is 9.10. The number of aromatic nitrogens is 1. The monoisotopic (exact) mass is 298 g/mol. The molecule has 0 atom stereocenters. The summed E-state index contributed by atoms with van der Waals surface area (Å²) in [4.78, 5) is 14.2. The molecule has 0 unspecified atom stereocenters. The van der Waals surface area contributed by atoms with Gasteiger partial charge in [-0.2, -0.15) is 0 Å². The van der Waals surface area contributed by atoms with Crippen LogP contribution in [0.15, 0.2) is 36.5 Å². The van der Waals surface area contributed by atoms with Crippen molar-refractivity contribution in [1.82, 2.24) is 4.98 Å².